The van der Waals surface area contributed by atoms with E-state index in [-0.39, 0.29) is 11.4 Å². The van der Waals surface area contributed by atoms with E-state index in [1.54, 1.807) is 12.1 Å². The number of thiophene rings is 1. The Labute approximate surface area is 121 Å². The normalized spacial score (nSPS) is 10.3. The first-order valence-corrected chi connectivity index (χ1v) is 6.98. The topological polar surface area (TPSA) is 62.2 Å². The highest BCUT2D eigenvalue weighted by Gasteiger charge is 2.14. The van der Waals surface area contributed by atoms with Gasteiger partial charge in [-0.3, -0.25) is 4.79 Å². The maximum Gasteiger partial charge on any atom is 0.274 e. The van der Waals surface area contributed by atoms with Crippen molar-refractivity contribution >= 4 is 44.8 Å². The summed E-state index contributed by atoms with van der Waals surface area (Å²) in [6, 6.07) is 4.73. The second-order valence-corrected chi connectivity index (χ2v) is 5.60. The van der Waals surface area contributed by atoms with Gasteiger partial charge >= 0.3 is 0 Å². The number of rotatable bonds is 3. The number of hydrogen-bond donors (Lipinski definition) is 2. The second kappa shape index (κ2) is 5.69. The standard InChI is InChI=1S/C11H8BrClN2O2S/c12-9-2-1-7(16)10(15-9)11(17)14-5-8-6(13)3-4-18-8/h1-4,16H,5H2,(H,14,17). The minimum absolute atomic E-state index is 0.0166. The molecule has 2 heterocycles. The van der Waals surface area contributed by atoms with Gasteiger partial charge in [-0.25, -0.2) is 4.98 Å². The molecule has 94 valence electrons. The number of nitrogens with one attached hydrogen (secondary N) is 1. The Hall–Kier alpha value is -1.11. The molecule has 2 aromatic heterocycles. The first-order chi connectivity index (χ1) is 8.58. The monoisotopic (exact) mass is 346 g/mol. The summed E-state index contributed by atoms with van der Waals surface area (Å²) >= 11 is 10.5. The number of halogens is 2. The number of hydrogen-bond acceptors (Lipinski definition) is 4. The lowest BCUT2D eigenvalue weighted by Crippen LogP contribution is -2.23. The van der Waals surface area contributed by atoms with Crippen LogP contribution in [0.5, 0.6) is 5.75 Å². The Morgan fingerprint density at radius 1 is 1.50 bits per heavy atom. The predicted octanol–water partition coefficient (Wildman–Crippen LogP) is 3.19. The maximum absolute atomic E-state index is 11.8. The zero-order valence-corrected chi connectivity index (χ0v) is 12.1. The summed E-state index contributed by atoms with van der Waals surface area (Å²) in [6.07, 6.45) is 0. The molecule has 0 aliphatic carbocycles. The SMILES string of the molecule is O=C(NCc1sccc1Cl)c1nc(Br)ccc1O. The van der Waals surface area contributed by atoms with E-state index in [9.17, 15) is 9.90 Å². The molecule has 0 bridgehead atoms. The lowest BCUT2D eigenvalue weighted by molar-refractivity contribution is 0.0943. The minimum atomic E-state index is -0.446. The molecule has 18 heavy (non-hydrogen) atoms. The molecule has 1 amide bonds. The van der Waals surface area contributed by atoms with Gasteiger partial charge in [0.1, 0.15) is 10.4 Å². The van der Waals surface area contributed by atoms with Crippen LogP contribution in [0.1, 0.15) is 15.4 Å². The Balaban J connectivity index is 2.08. The maximum atomic E-state index is 11.8. The van der Waals surface area contributed by atoms with Crippen molar-refractivity contribution in [2.75, 3.05) is 0 Å². The van der Waals surface area contributed by atoms with Crippen LogP contribution in [0, 0.1) is 0 Å². The molecule has 4 nitrogen and oxygen atoms in total. The molecule has 0 atom stereocenters. The van der Waals surface area contributed by atoms with Crippen LogP contribution >= 0.6 is 38.9 Å². The molecule has 0 saturated carbocycles. The number of aromatic hydroxyl groups is 1. The van der Waals surface area contributed by atoms with Crippen LogP contribution < -0.4 is 5.32 Å². The van der Waals surface area contributed by atoms with E-state index in [2.05, 4.69) is 26.2 Å². The fraction of sp³-hybridized carbons (Fsp3) is 0.0909. The fourth-order valence-electron chi connectivity index (χ4n) is 1.29. The summed E-state index contributed by atoms with van der Waals surface area (Å²) in [5.74, 6) is -0.605. The summed E-state index contributed by atoms with van der Waals surface area (Å²) in [5, 5.41) is 14.7. The molecule has 2 rings (SSSR count). The van der Waals surface area contributed by atoms with E-state index in [4.69, 9.17) is 11.6 Å². The molecular weight excluding hydrogens is 340 g/mol. The van der Waals surface area contributed by atoms with E-state index in [0.717, 1.165) is 4.88 Å². The molecular formula is C11H8BrClN2O2S. The van der Waals surface area contributed by atoms with Gasteiger partial charge in [0, 0.05) is 4.88 Å². The van der Waals surface area contributed by atoms with Crippen molar-refractivity contribution < 1.29 is 9.90 Å². The highest BCUT2D eigenvalue weighted by Crippen LogP contribution is 2.22. The van der Waals surface area contributed by atoms with Gasteiger partial charge in [-0.1, -0.05) is 11.6 Å². The summed E-state index contributed by atoms with van der Waals surface area (Å²) in [4.78, 5) is 16.6. The molecule has 0 fully saturated rings. The minimum Gasteiger partial charge on any atom is -0.505 e. The third-order valence-electron chi connectivity index (χ3n) is 2.16. The number of pyridine rings is 1. The highest BCUT2D eigenvalue weighted by molar-refractivity contribution is 9.10. The van der Waals surface area contributed by atoms with Crippen molar-refractivity contribution in [3.05, 3.63) is 43.8 Å². The lowest BCUT2D eigenvalue weighted by atomic mass is 10.3. The largest absolute Gasteiger partial charge is 0.505 e. The molecule has 2 aromatic rings. The summed E-state index contributed by atoms with van der Waals surface area (Å²) in [7, 11) is 0. The van der Waals surface area contributed by atoms with Crippen LogP contribution in [-0.2, 0) is 6.54 Å². The highest BCUT2D eigenvalue weighted by atomic mass is 79.9. The van der Waals surface area contributed by atoms with Gasteiger partial charge in [0.05, 0.1) is 11.6 Å². The fourth-order valence-corrected chi connectivity index (χ4v) is 2.64. The van der Waals surface area contributed by atoms with E-state index in [0.29, 0.717) is 16.2 Å². The summed E-state index contributed by atoms with van der Waals surface area (Å²) in [5.41, 5.74) is -0.0166. The van der Waals surface area contributed by atoms with Gasteiger partial charge in [0.15, 0.2) is 5.69 Å². The number of carbonyl (C=O) groups excluding carboxylic acids is 1. The molecule has 0 aliphatic heterocycles. The molecule has 2 N–H and O–H groups in total. The van der Waals surface area contributed by atoms with Crippen LogP contribution in [0.25, 0.3) is 0 Å². The predicted molar refractivity (Wildman–Crippen MR) is 74.1 cm³/mol. The molecule has 7 heteroatoms. The Kier molecular flexibility index (Phi) is 4.21. The number of aromatic nitrogens is 1. The summed E-state index contributed by atoms with van der Waals surface area (Å²) < 4.78 is 0.486. The van der Waals surface area contributed by atoms with Crippen molar-refractivity contribution in [2.24, 2.45) is 0 Å². The first kappa shape index (κ1) is 13.3. The molecule has 0 unspecified atom stereocenters. The van der Waals surface area contributed by atoms with E-state index in [1.807, 2.05) is 5.38 Å². The van der Waals surface area contributed by atoms with Gasteiger partial charge in [-0.15, -0.1) is 11.3 Å². The Bertz CT molecular complexity index is 588. The van der Waals surface area contributed by atoms with Crippen molar-refractivity contribution in [2.45, 2.75) is 6.54 Å². The van der Waals surface area contributed by atoms with Crippen LogP contribution in [-0.4, -0.2) is 16.0 Å². The number of carbonyl (C=O) groups is 1. The molecule has 0 aromatic carbocycles. The van der Waals surface area contributed by atoms with E-state index >= 15 is 0 Å². The van der Waals surface area contributed by atoms with Gasteiger partial charge < -0.3 is 10.4 Å². The first-order valence-electron chi connectivity index (χ1n) is 4.93. The number of amides is 1. The van der Waals surface area contributed by atoms with Crippen molar-refractivity contribution in [3.8, 4) is 5.75 Å². The zero-order chi connectivity index (χ0) is 13.1. The van der Waals surface area contributed by atoms with Gasteiger partial charge in [0.2, 0.25) is 0 Å². The third-order valence-corrected chi connectivity index (χ3v) is 3.98. The molecule has 0 radical (unpaired) electrons. The van der Waals surface area contributed by atoms with Crippen LogP contribution in [0.15, 0.2) is 28.2 Å². The van der Waals surface area contributed by atoms with E-state index < -0.39 is 5.91 Å². The molecule has 0 spiro atoms. The average molecular weight is 348 g/mol. The average Bonchev–Trinajstić information content (AvgIpc) is 2.75. The quantitative estimate of drug-likeness (QED) is 0.838. The third kappa shape index (κ3) is 3.01. The van der Waals surface area contributed by atoms with Crippen molar-refractivity contribution in [1.29, 1.82) is 0 Å². The van der Waals surface area contributed by atoms with Gasteiger partial charge in [-0.2, -0.15) is 0 Å². The van der Waals surface area contributed by atoms with Gasteiger partial charge in [0.25, 0.3) is 5.91 Å². The van der Waals surface area contributed by atoms with Crippen LogP contribution in [0.4, 0.5) is 0 Å². The number of nitrogens with zero attached hydrogens (tertiary/aromatic N) is 1. The second-order valence-electron chi connectivity index (χ2n) is 3.38. The zero-order valence-electron chi connectivity index (χ0n) is 8.98. The smallest absolute Gasteiger partial charge is 0.274 e. The van der Waals surface area contributed by atoms with E-state index in [1.165, 1.54) is 17.4 Å². The molecule has 0 aliphatic rings. The summed E-state index contributed by atoms with van der Waals surface area (Å²) in [6.45, 7) is 0.308. The van der Waals surface area contributed by atoms with Crippen molar-refractivity contribution in [1.82, 2.24) is 10.3 Å². The Morgan fingerprint density at radius 3 is 2.94 bits per heavy atom. The Morgan fingerprint density at radius 2 is 2.28 bits per heavy atom. The molecule has 0 saturated heterocycles. The van der Waals surface area contributed by atoms with Gasteiger partial charge in [-0.05, 0) is 39.5 Å². The van der Waals surface area contributed by atoms with Crippen LogP contribution in [0.3, 0.4) is 0 Å². The van der Waals surface area contributed by atoms with Crippen molar-refractivity contribution in [3.63, 3.8) is 0 Å². The van der Waals surface area contributed by atoms with Crippen LogP contribution in [0.2, 0.25) is 5.02 Å². The lowest BCUT2D eigenvalue weighted by Gasteiger charge is -2.05.